The van der Waals surface area contributed by atoms with Crippen LogP contribution in [0.5, 0.6) is 11.5 Å². The van der Waals surface area contributed by atoms with Crippen molar-refractivity contribution in [1.29, 1.82) is 0 Å². The first-order chi connectivity index (χ1) is 11.7. The quantitative estimate of drug-likeness (QED) is 0.625. The topological polar surface area (TPSA) is 57.1 Å². The largest absolute Gasteiger partial charge is 0.496 e. The van der Waals surface area contributed by atoms with Crippen LogP contribution in [0.1, 0.15) is 18.1 Å². The van der Waals surface area contributed by atoms with E-state index in [1.807, 2.05) is 43.3 Å². The summed E-state index contributed by atoms with van der Waals surface area (Å²) in [5.41, 5.74) is 1.74. The van der Waals surface area contributed by atoms with Gasteiger partial charge in [-0.3, -0.25) is 0 Å². The Morgan fingerprint density at radius 2 is 1.88 bits per heavy atom. The zero-order valence-electron chi connectivity index (χ0n) is 13.5. The fraction of sp³-hybridized carbons (Fsp3) is 0.158. The van der Waals surface area contributed by atoms with Crippen molar-refractivity contribution in [3.63, 3.8) is 0 Å². The molecule has 3 rings (SSSR count). The second-order valence-electron chi connectivity index (χ2n) is 5.04. The van der Waals surface area contributed by atoms with Crippen LogP contribution < -0.4 is 9.47 Å². The summed E-state index contributed by atoms with van der Waals surface area (Å²) in [6.45, 7) is 2.54. The number of aliphatic imine (C=N–C) groups is 1. The van der Waals surface area contributed by atoms with E-state index in [1.165, 1.54) is 0 Å². The molecule has 0 atom stereocenters. The maximum atomic E-state index is 12.1. The normalized spacial score (nSPS) is 15.2. The predicted octanol–water partition coefficient (Wildman–Crippen LogP) is 3.44. The first kappa shape index (κ1) is 15.8. The number of hydrogen-bond donors (Lipinski definition) is 0. The highest BCUT2D eigenvalue weighted by molar-refractivity contribution is 6.13. The Morgan fingerprint density at radius 3 is 2.58 bits per heavy atom. The molecule has 0 amide bonds. The van der Waals surface area contributed by atoms with Crippen LogP contribution in [-0.4, -0.2) is 25.6 Å². The lowest BCUT2D eigenvalue weighted by atomic mass is 10.2. The highest BCUT2D eigenvalue weighted by Gasteiger charge is 2.26. The van der Waals surface area contributed by atoms with Crippen LogP contribution in [0.3, 0.4) is 0 Å². The molecule has 2 aromatic carbocycles. The molecule has 24 heavy (non-hydrogen) atoms. The van der Waals surface area contributed by atoms with Crippen LogP contribution in [-0.2, 0) is 9.53 Å². The van der Waals surface area contributed by atoms with E-state index in [2.05, 4.69) is 4.99 Å². The molecule has 5 heteroatoms. The molecular formula is C19H17NO4. The summed E-state index contributed by atoms with van der Waals surface area (Å²) in [5.74, 6) is 1.15. The van der Waals surface area contributed by atoms with Crippen molar-refractivity contribution in [2.75, 3.05) is 13.7 Å². The molecule has 0 bridgehead atoms. The van der Waals surface area contributed by atoms with E-state index in [0.29, 0.717) is 17.9 Å². The molecule has 0 saturated carbocycles. The first-order valence-corrected chi connectivity index (χ1v) is 7.60. The average Bonchev–Trinajstić information content (AvgIpc) is 2.97. The zero-order chi connectivity index (χ0) is 16.9. The molecule has 1 aliphatic heterocycles. The van der Waals surface area contributed by atoms with Gasteiger partial charge in [0.1, 0.15) is 11.5 Å². The number of benzene rings is 2. The molecule has 1 aliphatic rings. The minimum absolute atomic E-state index is 0.245. The fourth-order valence-corrected chi connectivity index (χ4v) is 2.33. The van der Waals surface area contributed by atoms with E-state index in [0.717, 1.165) is 11.3 Å². The molecule has 0 aromatic heterocycles. The van der Waals surface area contributed by atoms with Gasteiger partial charge in [0.05, 0.1) is 19.3 Å². The fourth-order valence-electron chi connectivity index (χ4n) is 2.33. The number of nitrogens with zero attached hydrogens (tertiary/aromatic N) is 1. The minimum atomic E-state index is -0.482. The number of carbonyl (C=O) groups is 1. The highest BCUT2D eigenvalue weighted by atomic mass is 16.6. The van der Waals surface area contributed by atoms with Gasteiger partial charge in [-0.2, -0.15) is 0 Å². The molecule has 122 valence electrons. The van der Waals surface area contributed by atoms with E-state index in [1.54, 1.807) is 25.3 Å². The van der Waals surface area contributed by atoms with Gasteiger partial charge < -0.3 is 14.2 Å². The number of carbonyl (C=O) groups excluding carboxylic acids is 1. The van der Waals surface area contributed by atoms with Crippen molar-refractivity contribution in [2.24, 2.45) is 4.99 Å². The number of cyclic esters (lactones) is 1. The van der Waals surface area contributed by atoms with Gasteiger partial charge >= 0.3 is 5.97 Å². The summed E-state index contributed by atoms with van der Waals surface area (Å²) < 4.78 is 16.0. The second-order valence-corrected chi connectivity index (χ2v) is 5.04. The van der Waals surface area contributed by atoms with Crippen LogP contribution in [0.15, 0.2) is 59.2 Å². The van der Waals surface area contributed by atoms with Gasteiger partial charge in [0.2, 0.25) is 5.90 Å². The van der Waals surface area contributed by atoms with Gasteiger partial charge in [-0.15, -0.1) is 0 Å². The van der Waals surface area contributed by atoms with Crippen LogP contribution in [0.4, 0.5) is 0 Å². The SMILES string of the molecule is CCOc1ccc(/C=C2/N=C(c3ccccc3OC)OC2=O)cc1. The molecule has 0 saturated heterocycles. The van der Waals surface area contributed by atoms with Crippen molar-refractivity contribution in [1.82, 2.24) is 0 Å². The molecule has 0 fully saturated rings. The third-order valence-corrected chi connectivity index (χ3v) is 3.45. The van der Waals surface area contributed by atoms with Crippen LogP contribution in [0.25, 0.3) is 6.08 Å². The minimum Gasteiger partial charge on any atom is -0.496 e. The number of rotatable bonds is 5. The Hall–Kier alpha value is -3.08. The number of para-hydroxylation sites is 1. The lowest BCUT2D eigenvalue weighted by molar-refractivity contribution is -0.129. The summed E-state index contributed by atoms with van der Waals surface area (Å²) in [7, 11) is 1.56. The lowest BCUT2D eigenvalue weighted by Gasteiger charge is -2.05. The average molecular weight is 323 g/mol. The number of hydrogen-bond acceptors (Lipinski definition) is 5. The zero-order valence-corrected chi connectivity index (χ0v) is 13.5. The molecule has 1 heterocycles. The Labute approximate surface area is 140 Å². The van der Waals surface area contributed by atoms with Crippen LogP contribution in [0.2, 0.25) is 0 Å². The van der Waals surface area contributed by atoms with Crippen molar-refractivity contribution < 1.29 is 19.0 Å². The second kappa shape index (κ2) is 7.00. The molecule has 0 radical (unpaired) electrons. The van der Waals surface area contributed by atoms with E-state index >= 15 is 0 Å². The van der Waals surface area contributed by atoms with Crippen LogP contribution in [0, 0.1) is 0 Å². The molecular weight excluding hydrogens is 306 g/mol. The summed E-state index contributed by atoms with van der Waals surface area (Å²) in [6.07, 6.45) is 1.68. The van der Waals surface area contributed by atoms with Gasteiger partial charge in [0.25, 0.3) is 0 Å². The maximum absolute atomic E-state index is 12.1. The Balaban J connectivity index is 1.88. The summed E-state index contributed by atoms with van der Waals surface area (Å²) in [4.78, 5) is 16.4. The number of ether oxygens (including phenoxy) is 3. The van der Waals surface area contributed by atoms with Crippen molar-refractivity contribution in [3.05, 3.63) is 65.4 Å². The third-order valence-electron chi connectivity index (χ3n) is 3.45. The molecule has 0 unspecified atom stereocenters. The van der Waals surface area contributed by atoms with Crippen molar-refractivity contribution in [3.8, 4) is 11.5 Å². The van der Waals surface area contributed by atoms with E-state index in [9.17, 15) is 4.79 Å². The lowest BCUT2D eigenvalue weighted by Crippen LogP contribution is -2.06. The van der Waals surface area contributed by atoms with Gasteiger partial charge in [0, 0.05) is 0 Å². The van der Waals surface area contributed by atoms with E-state index < -0.39 is 5.97 Å². The molecule has 2 aromatic rings. The summed E-state index contributed by atoms with van der Waals surface area (Å²) in [6, 6.07) is 14.7. The van der Waals surface area contributed by atoms with Crippen molar-refractivity contribution in [2.45, 2.75) is 6.92 Å². The Kier molecular flexibility index (Phi) is 4.61. The Bertz CT molecular complexity index is 806. The summed E-state index contributed by atoms with van der Waals surface area (Å²) in [5, 5.41) is 0. The summed E-state index contributed by atoms with van der Waals surface area (Å²) >= 11 is 0. The van der Waals surface area contributed by atoms with Gasteiger partial charge in [0.15, 0.2) is 5.70 Å². The molecule has 5 nitrogen and oxygen atoms in total. The number of esters is 1. The smallest absolute Gasteiger partial charge is 0.363 e. The van der Waals surface area contributed by atoms with E-state index in [-0.39, 0.29) is 11.6 Å². The Morgan fingerprint density at radius 1 is 1.12 bits per heavy atom. The molecule has 0 aliphatic carbocycles. The van der Waals surface area contributed by atoms with Gasteiger partial charge in [-0.1, -0.05) is 24.3 Å². The molecule has 0 N–H and O–H groups in total. The molecule has 0 spiro atoms. The standard InChI is InChI=1S/C19H17NO4/c1-3-23-14-10-8-13(9-11-14)12-16-19(21)24-18(20-16)15-6-4-5-7-17(15)22-2/h4-12H,3H2,1-2H3/b16-12+. The predicted molar refractivity (Wildman–Crippen MR) is 91.2 cm³/mol. The van der Waals surface area contributed by atoms with Gasteiger partial charge in [-0.25, -0.2) is 9.79 Å². The van der Waals surface area contributed by atoms with Crippen molar-refractivity contribution >= 4 is 17.9 Å². The highest BCUT2D eigenvalue weighted by Crippen LogP contribution is 2.25. The monoisotopic (exact) mass is 323 g/mol. The van der Waals surface area contributed by atoms with Crippen LogP contribution >= 0.6 is 0 Å². The van der Waals surface area contributed by atoms with E-state index in [4.69, 9.17) is 14.2 Å². The first-order valence-electron chi connectivity index (χ1n) is 7.60. The number of methoxy groups -OCH3 is 1. The maximum Gasteiger partial charge on any atom is 0.363 e. The van der Waals surface area contributed by atoms with Gasteiger partial charge in [-0.05, 0) is 42.8 Å². The third kappa shape index (κ3) is 3.30.